The lowest BCUT2D eigenvalue weighted by molar-refractivity contribution is 0.0532. The Bertz CT molecular complexity index is 406. The third-order valence-corrected chi connectivity index (χ3v) is 3.67. The van der Waals surface area contributed by atoms with E-state index in [0.717, 1.165) is 32.8 Å². The molecule has 1 aromatic rings. The summed E-state index contributed by atoms with van der Waals surface area (Å²) >= 11 is 0. The number of rotatable bonds is 5. The van der Waals surface area contributed by atoms with Gasteiger partial charge in [0.05, 0.1) is 12.7 Å². The number of hydrogen-bond acceptors (Lipinski definition) is 3. The second-order valence-electron chi connectivity index (χ2n) is 5.41. The van der Waals surface area contributed by atoms with Crippen LogP contribution in [0.2, 0.25) is 0 Å². The van der Waals surface area contributed by atoms with Gasteiger partial charge in [0, 0.05) is 25.3 Å². The van der Waals surface area contributed by atoms with E-state index in [-0.39, 0.29) is 0 Å². The van der Waals surface area contributed by atoms with E-state index < -0.39 is 0 Å². The smallest absolute Gasteiger partial charge is 0.0722 e. The van der Waals surface area contributed by atoms with Gasteiger partial charge in [-0.1, -0.05) is 13.0 Å². The third kappa shape index (κ3) is 3.95. The molecule has 1 aromatic carbocycles. The van der Waals surface area contributed by atoms with Gasteiger partial charge < -0.3 is 15.0 Å². The number of anilines is 1. The van der Waals surface area contributed by atoms with Crippen LogP contribution in [0.4, 0.5) is 5.69 Å². The molecule has 1 unspecified atom stereocenters. The first-order chi connectivity index (χ1) is 9.20. The van der Waals surface area contributed by atoms with Crippen LogP contribution in [0.15, 0.2) is 18.2 Å². The highest BCUT2D eigenvalue weighted by Crippen LogP contribution is 2.21. The fourth-order valence-corrected chi connectivity index (χ4v) is 2.53. The summed E-state index contributed by atoms with van der Waals surface area (Å²) in [6, 6.07) is 6.81. The van der Waals surface area contributed by atoms with Crippen molar-refractivity contribution in [3.05, 3.63) is 29.3 Å². The summed E-state index contributed by atoms with van der Waals surface area (Å²) in [5.74, 6) is 0. The van der Waals surface area contributed by atoms with E-state index in [4.69, 9.17) is 4.74 Å². The molecule has 0 aromatic heterocycles. The van der Waals surface area contributed by atoms with Crippen LogP contribution >= 0.6 is 0 Å². The summed E-state index contributed by atoms with van der Waals surface area (Å²) in [7, 11) is 0. The predicted molar refractivity (Wildman–Crippen MR) is 80.8 cm³/mol. The minimum absolute atomic E-state index is 0.333. The highest BCUT2D eigenvalue weighted by Gasteiger charge is 2.17. The number of aryl methyl sites for hydroxylation is 1. The lowest BCUT2D eigenvalue weighted by Gasteiger charge is -2.33. The first-order valence-electron chi connectivity index (χ1n) is 7.37. The van der Waals surface area contributed by atoms with Crippen LogP contribution in [0.25, 0.3) is 0 Å². The highest BCUT2D eigenvalue weighted by molar-refractivity contribution is 5.51. The maximum Gasteiger partial charge on any atom is 0.0722 e. The molecule has 1 saturated heterocycles. The minimum atomic E-state index is 0.333. The molecule has 1 N–H and O–H groups in total. The maximum atomic E-state index is 5.60. The van der Waals surface area contributed by atoms with Gasteiger partial charge in [-0.3, -0.25) is 0 Å². The summed E-state index contributed by atoms with van der Waals surface area (Å²) in [5, 5.41) is 3.46. The van der Waals surface area contributed by atoms with Crippen molar-refractivity contribution in [3.8, 4) is 0 Å². The van der Waals surface area contributed by atoms with Crippen molar-refractivity contribution in [1.29, 1.82) is 0 Å². The molecule has 1 heterocycles. The third-order valence-electron chi connectivity index (χ3n) is 3.67. The van der Waals surface area contributed by atoms with E-state index in [0.29, 0.717) is 6.10 Å². The van der Waals surface area contributed by atoms with Gasteiger partial charge >= 0.3 is 0 Å². The summed E-state index contributed by atoms with van der Waals surface area (Å²) in [6.07, 6.45) is 1.52. The van der Waals surface area contributed by atoms with Crippen molar-refractivity contribution in [2.45, 2.75) is 39.8 Å². The van der Waals surface area contributed by atoms with Gasteiger partial charge in [-0.25, -0.2) is 0 Å². The molecular weight excluding hydrogens is 236 g/mol. The zero-order valence-electron chi connectivity index (χ0n) is 12.4. The van der Waals surface area contributed by atoms with E-state index >= 15 is 0 Å². The summed E-state index contributed by atoms with van der Waals surface area (Å²) < 4.78 is 5.60. The molecule has 3 heteroatoms. The number of hydrogen-bond donors (Lipinski definition) is 1. The van der Waals surface area contributed by atoms with E-state index in [1.807, 2.05) is 0 Å². The Morgan fingerprint density at radius 3 is 2.95 bits per heavy atom. The van der Waals surface area contributed by atoms with E-state index in [1.165, 1.54) is 23.2 Å². The van der Waals surface area contributed by atoms with Gasteiger partial charge in [-0.15, -0.1) is 0 Å². The summed E-state index contributed by atoms with van der Waals surface area (Å²) in [6.45, 7) is 11.4. The van der Waals surface area contributed by atoms with Crippen molar-refractivity contribution in [2.24, 2.45) is 0 Å². The van der Waals surface area contributed by atoms with Crippen molar-refractivity contribution < 1.29 is 4.74 Å². The van der Waals surface area contributed by atoms with E-state index in [2.05, 4.69) is 49.2 Å². The molecule has 1 atom stereocenters. The number of benzene rings is 1. The Kier molecular flexibility index (Phi) is 5.23. The van der Waals surface area contributed by atoms with E-state index in [1.54, 1.807) is 0 Å². The molecule has 19 heavy (non-hydrogen) atoms. The first-order valence-corrected chi connectivity index (χ1v) is 7.37. The molecule has 1 aliphatic heterocycles. The average molecular weight is 262 g/mol. The number of ether oxygens (including phenoxy) is 1. The predicted octanol–water partition coefficient (Wildman–Crippen LogP) is 2.72. The van der Waals surface area contributed by atoms with Crippen molar-refractivity contribution in [2.75, 3.05) is 31.1 Å². The SMILES string of the molecule is CCCNCc1ccc(N2CCOC(C)C2)cc1C. The average Bonchev–Trinajstić information content (AvgIpc) is 2.41. The van der Waals surface area contributed by atoms with Crippen LogP contribution in [0.5, 0.6) is 0 Å². The number of nitrogens with zero attached hydrogens (tertiary/aromatic N) is 1. The standard InChI is InChI=1S/C16H26N2O/c1-4-7-17-11-15-5-6-16(10-13(15)2)18-8-9-19-14(3)12-18/h5-6,10,14,17H,4,7-9,11-12H2,1-3H3. The fourth-order valence-electron chi connectivity index (χ4n) is 2.53. The van der Waals surface area contributed by atoms with Crippen LogP contribution in [0, 0.1) is 6.92 Å². The lowest BCUT2D eigenvalue weighted by Crippen LogP contribution is -2.41. The molecule has 1 aliphatic rings. The van der Waals surface area contributed by atoms with Crippen LogP contribution in [-0.4, -0.2) is 32.3 Å². The Morgan fingerprint density at radius 1 is 1.42 bits per heavy atom. The molecule has 2 rings (SSSR count). The fraction of sp³-hybridized carbons (Fsp3) is 0.625. The molecule has 0 radical (unpaired) electrons. The first kappa shape index (κ1) is 14.4. The number of morpholine rings is 1. The van der Waals surface area contributed by atoms with Gasteiger partial charge in [0.15, 0.2) is 0 Å². The molecule has 3 nitrogen and oxygen atoms in total. The largest absolute Gasteiger partial charge is 0.375 e. The monoisotopic (exact) mass is 262 g/mol. The van der Waals surface area contributed by atoms with Gasteiger partial charge in [0.1, 0.15) is 0 Å². The lowest BCUT2D eigenvalue weighted by atomic mass is 10.1. The zero-order valence-corrected chi connectivity index (χ0v) is 12.4. The Morgan fingerprint density at radius 2 is 2.26 bits per heavy atom. The molecule has 0 aliphatic carbocycles. The van der Waals surface area contributed by atoms with Gasteiger partial charge in [-0.2, -0.15) is 0 Å². The van der Waals surface area contributed by atoms with Crippen molar-refractivity contribution >= 4 is 5.69 Å². The molecule has 106 valence electrons. The van der Waals surface area contributed by atoms with Gasteiger partial charge in [-0.05, 0) is 50.1 Å². The van der Waals surface area contributed by atoms with Crippen molar-refractivity contribution in [3.63, 3.8) is 0 Å². The normalized spacial score (nSPS) is 19.7. The highest BCUT2D eigenvalue weighted by atomic mass is 16.5. The Labute approximate surface area is 116 Å². The van der Waals surface area contributed by atoms with Crippen molar-refractivity contribution in [1.82, 2.24) is 5.32 Å². The Hall–Kier alpha value is -1.06. The van der Waals surface area contributed by atoms with Crippen LogP contribution in [-0.2, 0) is 11.3 Å². The molecule has 0 amide bonds. The Balaban J connectivity index is 2.01. The summed E-state index contributed by atoms with van der Waals surface area (Å²) in [5.41, 5.74) is 4.10. The van der Waals surface area contributed by atoms with Gasteiger partial charge in [0.2, 0.25) is 0 Å². The second-order valence-corrected chi connectivity index (χ2v) is 5.41. The van der Waals surface area contributed by atoms with Crippen LogP contribution in [0.1, 0.15) is 31.4 Å². The second kappa shape index (κ2) is 6.92. The van der Waals surface area contributed by atoms with E-state index in [9.17, 15) is 0 Å². The zero-order chi connectivity index (χ0) is 13.7. The van der Waals surface area contributed by atoms with Gasteiger partial charge in [0.25, 0.3) is 0 Å². The molecule has 0 bridgehead atoms. The summed E-state index contributed by atoms with van der Waals surface area (Å²) in [4.78, 5) is 2.42. The molecule has 0 spiro atoms. The quantitative estimate of drug-likeness (QED) is 0.826. The van der Waals surface area contributed by atoms with Crippen LogP contribution < -0.4 is 10.2 Å². The topological polar surface area (TPSA) is 24.5 Å². The van der Waals surface area contributed by atoms with Crippen LogP contribution in [0.3, 0.4) is 0 Å². The minimum Gasteiger partial charge on any atom is -0.375 e. The number of nitrogens with one attached hydrogen (secondary N) is 1. The molecule has 0 saturated carbocycles. The molecule has 1 fully saturated rings. The maximum absolute atomic E-state index is 5.60. The molecular formula is C16H26N2O.